The van der Waals surface area contributed by atoms with Crippen molar-refractivity contribution in [1.29, 1.82) is 0 Å². The normalized spacial score (nSPS) is 21.4. The summed E-state index contributed by atoms with van der Waals surface area (Å²) in [7, 11) is 0. The van der Waals surface area contributed by atoms with Gasteiger partial charge in [0.1, 0.15) is 11.6 Å². The predicted molar refractivity (Wildman–Crippen MR) is 134 cm³/mol. The molecule has 1 aliphatic rings. The van der Waals surface area contributed by atoms with Crippen LogP contribution in [0.25, 0.3) is 0 Å². The van der Waals surface area contributed by atoms with Crippen molar-refractivity contribution in [1.82, 2.24) is 15.5 Å². The van der Waals surface area contributed by atoms with E-state index in [-0.39, 0.29) is 41.8 Å². The summed E-state index contributed by atoms with van der Waals surface area (Å²) < 4.78 is 5.81. The molecule has 2 N–H and O–H groups in total. The zero-order valence-corrected chi connectivity index (χ0v) is 21.9. The van der Waals surface area contributed by atoms with Gasteiger partial charge in [0.15, 0.2) is 0 Å². The van der Waals surface area contributed by atoms with E-state index in [0.717, 1.165) is 19.3 Å². The van der Waals surface area contributed by atoms with Crippen LogP contribution in [0.2, 0.25) is 0 Å². The Morgan fingerprint density at radius 1 is 1.12 bits per heavy atom. The lowest BCUT2D eigenvalue weighted by atomic mass is 9.83. The van der Waals surface area contributed by atoms with E-state index in [9.17, 15) is 14.4 Å². The Bertz CT molecular complexity index is 821. The number of nitrogens with zero attached hydrogens (tertiary/aromatic N) is 1. The molecule has 0 radical (unpaired) electrons. The van der Waals surface area contributed by atoms with E-state index in [1.165, 1.54) is 19.4 Å². The number of hydrogen-bond donors (Lipinski definition) is 2. The molecule has 7 nitrogen and oxygen atoms in total. The van der Waals surface area contributed by atoms with Crippen molar-refractivity contribution < 1.29 is 19.1 Å². The lowest BCUT2D eigenvalue weighted by Crippen LogP contribution is -2.54. The molecule has 0 spiro atoms. The van der Waals surface area contributed by atoms with E-state index in [4.69, 9.17) is 4.74 Å². The summed E-state index contributed by atoms with van der Waals surface area (Å²) in [5, 5.41) is 6.10. The summed E-state index contributed by atoms with van der Waals surface area (Å²) in [6, 6.07) is 9.56. The number of rotatable bonds is 10. The van der Waals surface area contributed by atoms with Gasteiger partial charge in [-0.05, 0) is 58.4 Å². The minimum atomic E-state index is -0.601. The van der Waals surface area contributed by atoms with E-state index >= 15 is 0 Å². The van der Waals surface area contributed by atoms with Crippen molar-refractivity contribution >= 4 is 17.8 Å². The molecule has 0 saturated carbocycles. The number of esters is 1. The number of ether oxygens (including phenoxy) is 1. The molecule has 0 aliphatic carbocycles. The van der Waals surface area contributed by atoms with Gasteiger partial charge in [0, 0.05) is 38.5 Å². The molecule has 1 fully saturated rings. The van der Waals surface area contributed by atoms with Crippen LogP contribution in [0, 0.1) is 5.92 Å². The molecule has 1 heterocycles. The molecule has 1 aliphatic heterocycles. The van der Waals surface area contributed by atoms with Crippen LogP contribution in [0.4, 0.5) is 0 Å². The van der Waals surface area contributed by atoms with E-state index in [0.29, 0.717) is 13.0 Å². The molecule has 5 atom stereocenters. The van der Waals surface area contributed by atoms with E-state index in [1.54, 1.807) is 0 Å². The van der Waals surface area contributed by atoms with Gasteiger partial charge in [-0.1, -0.05) is 43.7 Å². The number of amides is 2. The Hall–Kier alpha value is -2.41. The Balaban J connectivity index is 2.47. The van der Waals surface area contributed by atoms with Gasteiger partial charge in [0.05, 0.1) is 0 Å². The summed E-state index contributed by atoms with van der Waals surface area (Å²) in [5.74, 6) is -0.310. The average Bonchev–Trinajstić information content (AvgIpc) is 3.12. The summed E-state index contributed by atoms with van der Waals surface area (Å²) >= 11 is 0. The highest BCUT2D eigenvalue weighted by molar-refractivity contribution is 5.78. The third kappa shape index (κ3) is 8.42. The van der Waals surface area contributed by atoms with Gasteiger partial charge in [-0.2, -0.15) is 0 Å². The van der Waals surface area contributed by atoms with Crippen LogP contribution in [0.15, 0.2) is 30.3 Å². The van der Waals surface area contributed by atoms with Gasteiger partial charge in [-0.25, -0.2) is 0 Å². The van der Waals surface area contributed by atoms with Crippen molar-refractivity contribution in [2.45, 2.75) is 104 Å². The first-order valence-electron chi connectivity index (χ1n) is 12.5. The molecule has 0 bridgehead atoms. The first kappa shape index (κ1) is 27.8. The fraction of sp³-hybridized carbons (Fsp3) is 0.667. The smallest absolute Gasteiger partial charge is 0.323 e. The second-order valence-corrected chi connectivity index (χ2v) is 10.6. The zero-order chi connectivity index (χ0) is 25.5. The standard InChI is InChI=1S/C27H43N3O4/c1-8-12-23(18(2)28-19(3)31)24(15-21-13-10-9-11-14-21)30-17-22(29-20(4)32)16-25(30)26(33)34-27(5,6)7/h9-11,13-14,18,22-25H,8,12,15-17H2,1-7H3,(H,28,31)(H,29,32). The molecule has 1 saturated heterocycles. The monoisotopic (exact) mass is 473 g/mol. The van der Waals surface area contributed by atoms with Crippen molar-refractivity contribution in [3.8, 4) is 0 Å². The summed E-state index contributed by atoms with van der Waals surface area (Å²) in [6.07, 6.45) is 3.11. The van der Waals surface area contributed by atoms with Crippen LogP contribution in [-0.2, 0) is 25.5 Å². The summed E-state index contributed by atoms with van der Waals surface area (Å²) in [6.45, 7) is 13.4. The molecular formula is C27H43N3O4. The Kier molecular flexibility index (Phi) is 10.1. The SMILES string of the molecule is CCCC(C(C)NC(C)=O)C(Cc1ccccc1)N1CC(NC(C)=O)CC1C(=O)OC(C)(C)C. The molecule has 1 aromatic rings. The molecule has 2 rings (SSSR count). The Morgan fingerprint density at radius 2 is 1.76 bits per heavy atom. The number of nitrogens with one attached hydrogen (secondary N) is 2. The molecule has 5 unspecified atom stereocenters. The second kappa shape index (κ2) is 12.3. The number of likely N-dealkylation sites (tertiary alicyclic amines) is 1. The molecule has 2 amide bonds. The molecule has 7 heteroatoms. The summed E-state index contributed by atoms with van der Waals surface area (Å²) in [5.41, 5.74) is 0.574. The van der Waals surface area contributed by atoms with E-state index in [1.807, 2.05) is 45.9 Å². The lowest BCUT2D eigenvalue weighted by Gasteiger charge is -2.41. The van der Waals surface area contributed by atoms with Crippen LogP contribution in [-0.4, -0.2) is 59.0 Å². The van der Waals surface area contributed by atoms with Gasteiger partial charge in [-0.3, -0.25) is 19.3 Å². The van der Waals surface area contributed by atoms with Crippen LogP contribution in [0.1, 0.15) is 73.3 Å². The van der Waals surface area contributed by atoms with Crippen LogP contribution in [0.5, 0.6) is 0 Å². The zero-order valence-electron chi connectivity index (χ0n) is 21.9. The van der Waals surface area contributed by atoms with Crippen LogP contribution in [0.3, 0.4) is 0 Å². The quantitative estimate of drug-likeness (QED) is 0.508. The van der Waals surface area contributed by atoms with E-state index in [2.05, 4.69) is 34.6 Å². The average molecular weight is 474 g/mol. The van der Waals surface area contributed by atoms with Crippen molar-refractivity contribution in [2.75, 3.05) is 6.54 Å². The highest BCUT2D eigenvalue weighted by atomic mass is 16.6. The molecule has 190 valence electrons. The van der Waals surface area contributed by atoms with E-state index < -0.39 is 11.6 Å². The number of carbonyl (C=O) groups excluding carboxylic acids is 3. The maximum absolute atomic E-state index is 13.3. The Labute approximate surface area is 205 Å². The number of benzene rings is 1. The second-order valence-electron chi connectivity index (χ2n) is 10.6. The van der Waals surface area contributed by atoms with Gasteiger partial charge in [0.25, 0.3) is 0 Å². The maximum atomic E-state index is 13.3. The Morgan fingerprint density at radius 3 is 2.29 bits per heavy atom. The van der Waals surface area contributed by atoms with Gasteiger partial charge < -0.3 is 15.4 Å². The van der Waals surface area contributed by atoms with Crippen molar-refractivity contribution in [3.05, 3.63) is 35.9 Å². The first-order chi connectivity index (χ1) is 15.9. The fourth-order valence-corrected chi connectivity index (χ4v) is 5.13. The predicted octanol–water partition coefficient (Wildman–Crippen LogP) is 3.46. The minimum absolute atomic E-state index is 0.0134. The molecule has 1 aromatic carbocycles. The topological polar surface area (TPSA) is 87.7 Å². The number of carbonyl (C=O) groups is 3. The largest absolute Gasteiger partial charge is 0.459 e. The highest BCUT2D eigenvalue weighted by Crippen LogP contribution is 2.32. The molecule has 34 heavy (non-hydrogen) atoms. The maximum Gasteiger partial charge on any atom is 0.323 e. The lowest BCUT2D eigenvalue weighted by molar-refractivity contribution is -0.161. The highest BCUT2D eigenvalue weighted by Gasteiger charge is 2.45. The van der Waals surface area contributed by atoms with Crippen molar-refractivity contribution in [3.63, 3.8) is 0 Å². The number of hydrogen-bond acceptors (Lipinski definition) is 5. The van der Waals surface area contributed by atoms with Gasteiger partial charge >= 0.3 is 5.97 Å². The van der Waals surface area contributed by atoms with Gasteiger partial charge in [-0.15, -0.1) is 0 Å². The molecule has 0 aromatic heterocycles. The third-order valence-corrected chi connectivity index (χ3v) is 6.33. The van der Waals surface area contributed by atoms with Gasteiger partial charge in [0.2, 0.25) is 11.8 Å². The minimum Gasteiger partial charge on any atom is -0.459 e. The molecular weight excluding hydrogens is 430 g/mol. The van der Waals surface area contributed by atoms with Crippen LogP contribution < -0.4 is 10.6 Å². The van der Waals surface area contributed by atoms with Crippen molar-refractivity contribution in [2.24, 2.45) is 5.92 Å². The van der Waals surface area contributed by atoms with Crippen LogP contribution >= 0.6 is 0 Å². The third-order valence-electron chi connectivity index (χ3n) is 6.33. The first-order valence-corrected chi connectivity index (χ1v) is 12.5. The fourth-order valence-electron chi connectivity index (χ4n) is 5.13. The summed E-state index contributed by atoms with van der Waals surface area (Å²) in [4.78, 5) is 39.3.